The topological polar surface area (TPSA) is 58.1 Å². The fraction of sp³-hybridized carbons (Fsp3) is 0.522. The van der Waals surface area contributed by atoms with Gasteiger partial charge in [-0.3, -0.25) is 9.78 Å². The Labute approximate surface area is 181 Å². The molecule has 1 saturated heterocycles. The van der Waals surface area contributed by atoms with Crippen LogP contribution in [0.5, 0.6) is 0 Å². The number of hydrogen-bond donors (Lipinski definition) is 1. The number of rotatable bonds is 7. The molecule has 0 aliphatic carbocycles. The molecule has 3 heterocycles. The second kappa shape index (κ2) is 9.77. The molecule has 1 fully saturated rings. The molecule has 1 N–H and O–H groups in total. The Balaban J connectivity index is 1.98. The third-order valence-corrected chi connectivity index (χ3v) is 5.39. The van der Waals surface area contributed by atoms with Crippen LogP contribution in [-0.4, -0.2) is 40.9 Å². The van der Waals surface area contributed by atoms with Crippen LogP contribution in [0.25, 0.3) is 0 Å². The van der Waals surface area contributed by atoms with Crippen LogP contribution in [0.3, 0.4) is 0 Å². The predicted molar refractivity (Wildman–Crippen MR) is 114 cm³/mol. The molecule has 168 valence electrons. The Bertz CT molecular complexity index is 886. The quantitative estimate of drug-likeness (QED) is 0.639. The number of pyridine rings is 2. The summed E-state index contributed by atoms with van der Waals surface area (Å²) in [6, 6.07) is 5.76. The average molecular weight is 435 g/mol. The lowest BCUT2D eigenvalue weighted by Crippen LogP contribution is -2.57. The molecular weight excluding hydrogens is 405 g/mol. The van der Waals surface area contributed by atoms with Crippen molar-refractivity contribution >= 4 is 11.6 Å². The van der Waals surface area contributed by atoms with Gasteiger partial charge in [0.15, 0.2) is 0 Å². The van der Waals surface area contributed by atoms with E-state index in [-0.39, 0.29) is 17.6 Å². The molecule has 2 aromatic rings. The summed E-state index contributed by atoms with van der Waals surface area (Å²) in [5, 5.41) is 3.66. The first-order valence-electron chi connectivity index (χ1n) is 10.7. The Hall–Kier alpha value is -2.48. The Kier molecular flexibility index (Phi) is 7.30. The summed E-state index contributed by atoms with van der Waals surface area (Å²) in [6.07, 6.45) is 0.983. The summed E-state index contributed by atoms with van der Waals surface area (Å²) in [6.45, 7) is 7.69. The monoisotopic (exact) mass is 434 g/mol. The normalized spacial score (nSPS) is 19.6. The van der Waals surface area contributed by atoms with E-state index in [0.29, 0.717) is 24.8 Å². The molecule has 0 aromatic carbocycles. The van der Waals surface area contributed by atoms with Crippen molar-refractivity contribution in [1.82, 2.24) is 15.3 Å². The second-order valence-electron chi connectivity index (χ2n) is 8.52. The molecule has 31 heavy (non-hydrogen) atoms. The predicted octanol–water partition coefficient (Wildman–Crippen LogP) is 4.72. The first-order chi connectivity index (χ1) is 14.7. The number of carbonyl (C=O) groups is 1. The average Bonchev–Trinajstić information content (AvgIpc) is 2.72. The molecule has 1 aliphatic heterocycles. The highest BCUT2D eigenvalue weighted by Gasteiger charge is 2.37. The minimum Gasteiger partial charge on any atom is -0.353 e. The number of nitrogens with zero attached hydrogens (tertiary/aromatic N) is 3. The van der Waals surface area contributed by atoms with E-state index in [9.17, 15) is 18.0 Å². The number of alkyl halides is 3. The molecule has 0 amide bonds. The van der Waals surface area contributed by atoms with E-state index in [4.69, 9.17) is 0 Å². The lowest BCUT2D eigenvalue weighted by atomic mass is 9.98. The van der Waals surface area contributed by atoms with Crippen LogP contribution in [0.15, 0.2) is 36.7 Å². The van der Waals surface area contributed by atoms with E-state index in [1.807, 2.05) is 4.90 Å². The molecule has 2 atom stereocenters. The van der Waals surface area contributed by atoms with Crippen molar-refractivity contribution in [3.8, 4) is 0 Å². The molecule has 8 heteroatoms. The van der Waals surface area contributed by atoms with Crippen molar-refractivity contribution in [1.29, 1.82) is 0 Å². The van der Waals surface area contributed by atoms with Gasteiger partial charge in [0.05, 0.1) is 5.56 Å². The van der Waals surface area contributed by atoms with Gasteiger partial charge in [0, 0.05) is 43.1 Å². The van der Waals surface area contributed by atoms with E-state index >= 15 is 0 Å². The molecule has 5 nitrogen and oxygen atoms in total. The van der Waals surface area contributed by atoms with Crippen LogP contribution in [0.4, 0.5) is 19.0 Å². The number of ketones is 1. The fourth-order valence-corrected chi connectivity index (χ4v) is 4.13. The third-order valence-electron chi connectivity index (χ3n) is 5.39. The van der Waals surface area contributed by atoms with Gasteiger partial charge in [-0.05, 0) is 43.0 Å². The van der Waals surface area contributed by atoms with E-state index < -0.39 is 23.2 Å². The van der Waals surface area contributed by atoms with Gasteiger partial charge in [-0.1, -0.05) is 27.2 Å². The summed E-state index contributed by atoms with van der Waals surface area (Å²) in [4.78, 5) is 23.0. The highest BCUT2D eigenvalue weighted by Crippen LogP contribution is 2.34. The molecule has 0 radical (unpaired) electrons. The van der Waals surface area contributed by atoms with E-state index in [2.05, 4.69) is 36.1 Å². The summed E-state index contributed by atoms with van der Waals surface area (Å²) < 4.78 is 40.9. The minimum atomic E-state index is -4.67. The lowest BCUT2D eigenvalue weighted by molar-refractivity contribution is -0.138. The zero-order valence-corrected chi connectivity index (χ0v) is 18.1. The van der Waals surface area contributed by atoms with Crippen LogP contribution in [-0.2, 0) is 6.18 Å². The van der Waals surface area contributed by atoms with Gasteiger partial charge in [-0.15, -0.1) is 0 Å². The highest BCUT2D eigenvalue weighted by molar-refractivity contribution is 6.08. The van der Waals surface area contributed by atoms with Gasteiger partial charge in [-0.25, -0.2) is 4.98 Å². The van der Waals surface area contributed by atoms with Crippen molar-refractivity contribution in [2.75, 3.05) is 18.0 Å². The van der Waals surface area contributed by atoms with Crippen LogP contribution in [0, 0.1) is 5.92 Å². The third kappa shape index (κ3) is 5.81. The Morgan fingerprint density at radius 2 is 1.97 bits per heavy atom. The summed E-state index contributed by atoms with van der Waals surface area (Å²) >= 11 is 0. The maximum Gasteiger partial charge on any atom is 0.418 e. The molecule has 1 aliphatic rings. The highest BCUT2D eigenvalue weighted by atomic mass is 19.4. The number of piperazine rings is 1. The molecule has 3 rings (SSSR count). The van der Waals surface area contributed by atoms with Gasteiger partial charge in [0.2, 0.25) is 5.78 Å². The first-order valence-corrected chi connectivity index (χ1v) is 10.7. The molecule has 0 unspecified atom stereocenters. The zero-order chi connectivity index (χ0) is 22.6. The number of carbonyl (C=O) groups excluding carboxylic acids is 1. The van der Waals surface area contributed by atoms with E-state index in [0.717, 1.165) is 25.3 Å². The van der Waals surface area contributed by atoms with Crippen molar-refractivity contribution < 1.29 is 18.0 Å². The maximum atomic E-state index is 13.6. The van der Waals surface area contributed by atoms with Crippen molar-refractivity contribution in [2.45, 2.75) is 58.3 Å². The lowest BCUT2D eigenvalue weighted by Gasteiger charge is -2.40. The van der Waals surface area contributed by atoms with Gasteiger partial charge in [0.25, 0.3) is 0 Å². The SMILES string of the molecule is CCC[C@H]1CN(c2ccc(C(F)(F)F)c(C(=O)c3cccnc3)n2)C[C@H](CC(C)C)N1. The standard InChI is InChI=1S/C23H29F3N4O/c1-4-6-17-13-30(14-18(28-17)11-15(2)3)20-9-8-19(23(24,25)26)21(29-20)22(31)16-7-5-10-27-12-16/h5,7-10,12,15,17-18,28H,4,6,11,13-14H2,1-3H3/t17-,18-/m0/s1. The molecule has 0 saturated carbocycles. The van der Waals surface area contributed by atoms with E-state index in [1.165, 1.54) is 30.6 Å². The zero-order valence-electron chi connectivity index (χ0n) is 18.1. The summed E-state index contributed by atoms with van der Waals surface area (Å²) in [7, 11) is 0. The number of anilines is 1. The van der Waals surface area contributed by atoms with Gasteiger partial charge >= 0.3 is 6.18 Å². The smallest absolute Gasteiger partial charge is 0.353 e. The van der Waals surface area contributed by atoms with Crippen molar-refractivity contribution in [2.24, 2.45) is 5.92 Å². The number of aromatic nitrogens is 2. The first kappa shape index (κ1) is 23.2. The van der Waals surface area contributed by atoms with Crippen LogP contribution >= 0.6 is 0 Å². The molecule has 2 aromatic heterocycles. The van der Waals surface area contributed by atoms with Gasteiger partial charge in [-0.2, -0.15) is 13.2 Å². The largest absolute Gasteiger partial charge is 0.418 e. The van der Waals surface area contributed by atoms with Crippen LogP contribution < -0.4 is 10.2 Å². The molecule has 0 spiro atoms. The summed E-state index contributed by atoms with van der Waals surface area (Å²) in [5.41, 5.74) is -1.52. The van der Waals surface area contributed by atoms with Crippen LogP contribution in [0.2, 0.25) is 0 Å². The number of halogens is 3. The maximum absolute atomic E-state index is 13.6. The second-order valence-corrected chi connectivity index (χ2v) is 8.52. The Morgan fingerprint density at radius 1 is 1.23 bits per heavy atom. The number of hydrogen-bond acceptors (Lipinski definition) is 5. The van der Waals surface area contributed by atoms with Crippen molar-refractivity contribution in [3.63, 3.8) is 0 Å². The molecule has 0 bridgehead atoms. The minimum absolute atomic E-state index is 0.0829. The Morgan fingerprint density at radius 3 is 2.58 bits per heavy atom. The van der Waals surface area contributed by atoms with Crippen molar-refractivity contribution in [3.05, 3.63) is 53.5 Å². The van der Waals surface area contributed by atoms with Crippen LogP contribution in [0.1, 0.15) is 61.6 Å². The van der Waals surface area contributed by atoms with Gasteiger partial charge in [0.1, 0.15) is 11.5 Å². The number of nitrogens with one attached hydrogen (secondary N) is 1. The van der Waals surface area contributed by atoms with Gasteiger partial charge < -0.3 is 10.2 Å². The van der Waals surface area contributed by atoms with E-state index in [1.54, 1.807) is 0 Å². The fourth-order valence-electron chi connectivity index (χ4n) is 4.13. The molecular formula is C23H29F3N4O. The summed E-state index contributed by atoms with van der Waals surface area (Å²) in [5.74, 6) is 0.112.